The van der Waals surface area contributed by atoms with Crippen LogP contribution in [0.4, 0.5) is 8.78 Å². The summed E-state index contributed by atoms with van der Waals surface area (Å²) in [6.07, 6.45) is 3.22. The molecule has 0 unspecified atom stereocenters. The predicted molar refractivity (Wildman–Crippen MR) is 54.7 cm³/mol. The number of hydrogen-bond donors (Lipinski definition) is 1. The normalized spacial score (nSPS) is 10.7. The quantitative estimate of drug-likeness (QED) is 0.863. The molecule has 0 fully saturated rings. The van der Waals surface area contributed by atoms with Gasteiger partial charge >= 0.3 is 0 Å². The zero-order chi connectivity index (χ0) is 11.5. The molecule has 1 heterocycles. The van der Waals surface area contributed by atoms with E-state index in [2.05, 4.69) is 4.98 Å². The molecule has 2 aromatic rings. The number of aliphatic hydroxyl groups excluding tert-OH is 1. The summed E-state index contributed by atoms with van der Waals surface area (Å²) in [5, 5.41) is 8.83. The Morgan fingerprint density at radius 1 is 1.25 bits per heavy atom. The van der Waals surface area contributed by atoms with Crippen molar-refractivity contribution < 1.29 is 13.9 Å². The Bertz CT molecular complexity index is 496. The van der Waals surface area contributed by atoms with Crippen LogP contribution >= 0.6 is 0 Å². The standard InChI is InChI=1S/C11H10F2N2O/c12-9-2-1-8(7-10(9)13)11-14-3-4-15(11)5-6-16/h1-4,7,16H,5-6H2. The maximum absolute atomic E-state index is 13.0. The molecular formula is C11H10F2N2O. The topological polar surface area (TPSA) is 38.0 Å². The molecule has 16 heavy (non-hydrogen) atoms. The van der Waals surface area contributed by atoms with E-state index in [4.69, 9.17) is 5.11 Å². The van der Waals surface area contributed by atoms with Crippen LogP contribution in [0.15, 0.2) is 30.6 Å². The van der Waals surface area contributed by atoms with Gasteiger partial charge < -0.3 is 9.67 Å². The van der Waals surface area contributed by atoms with Crippen LogP contribution in [-0.4, -0.2) is 21.3 Å². The zero-order valence-corrected chi connectivity index (χ0v) is 8.40. The van der Waals surface area contributed by atoms with Gasteiger partial charge in [0.2, 0.25) is 0 Å². The molecule has 84 valence electrons. The molecule has 1 aromatic heterocycles. The summed E-state index contributed by atoms with van der Waals surface area (Å²) in [6, 6.07) is 3.60. The summed E-state index contributed by atoms with van der Waals surface area (Å²) in [5.41, 5.74) is 0.484. The monoisotopic (exact) mass is 224 g/mol. The van der Waals surface area contributed by atoms with Crippen molar-refractivity contribution in [2.24, 2.45) is 0 Å². The van der Waals surface area contributed by atoms with Gasteiger partial charge in [-0.25, -0.2) is 13.8 Å². The summed E-state index contributed by atoms with van der Waals surface area (Å²) < 4.78 is 27.4. The molecule has 0 aliphatic heterocycles. The fourth-order valence-electron chi connectivity index (χ4n) is 1.49. The SMILES string of the molecule is OCCn1ccnc1-c1ccc(F)c(F)c1. The lowest BCUT2D eigenvalue weighted by Crippen LogP contribution is -2.03. The number of nitrogens with zero attached hydrogens (tertiary/aromatic N) is 2. The third kappa shape index (κ3) is 1.94. The summed E-state index contributed by atoms with van der Waals surface area (Å²) in [6.45, 7) is 0.335. The molecule has 0 aliphatic rings. The highest BCUT2D eigenvalue weighted by atomic mass is 19.2. The fraction of sp³-hybridized carbons (Fsp3) is 0.182. The molecular weight excluding hydrogens is 214 g/mol. The third-order valence-electron chi connectivity index (χ3n) is 2.23. The highest BCUT2D eigenvalue weighted by molar-refractivity contribution is 5.55. The first-order valence-corrected chi connectivity index (χ1v) is 4.80. The molecule has 0 aliphatic carbocycles. The van der Waals surface area contributed by atoms with Gasteiger partial charge in [0.05, 0.1) is 6.61 Å². The number of halogens is 2. The molecule has 0 saturated carbocycles. The highest BCUT2D eigenvalue weighted by Gasteiger charge is 2.08. The zero-order valence-electron chi connectivity index (χ0n) is 8.40. The molecule has 0 radical (unpaired) electrons. The van der Waals surface area contributed by atoms with E-state index in [-0.39, 0.29) is 6.61 Å². The van der Waals surface area contributed by atoms with Crippen LogP contribution in [0, 0.1) is 11.6 Å². The first-order valence-electron chi connectivity index (χ1n) is 4.80. The predicted octanol–water partition coefficient (Wildman–Crippen LogP) is 1.82. The van der Waals surface area contributed by atoms with E-state index in [1.165, 1.54) is 6.07 Å². The van der Waals surface area contributed by atoms with E-state index in [1.807, 2.05) is 0 Å². The molecule has 5 heteroatoms. The van der Waals surface area contributed by atoms with Gasteiger partial charge in [-0.05, 0) is 18.2 Å². The third-order valence-corrected chi connectivity index (χ3v) is 2.23. The van der Waals surface area contributed by atoms with Gasteiger partial charge in [0.15, 0.2) is 11.6 Å². The number of imidazole rings is 1. The molecule has 1 N–H and O–H groups in total. The Hall–Kier alpha value is -1.75. The summed E-state index contributed by atoms with van der Waals surface area (Å²) in [4.78, 5) is 4.04. The van der Waals surface area contributed by atoms with Crippen molar-refractivity contribution in [3.8, 4) is 11.4 Å². The summed E-state index contributed by atoms with van der Waals surface area (Å²) >= 11 is 0. The average molecular weight is 224 g/mol. The van der Waals surface area contributed by atoms with Crippen LogP contribution in [-0.2, 0) is 6.54 Å². The van der Waals surface area contributed by atoms with Gasteiger partial charge in [-0.3, -0.25) is 0 Å². The first-order chi connectivity index (χ1) is 7.72. The lowest BCUT2D eigenvalue weighted by atomic mass is 10.2. The van der Waals surface area contributed by atoms with E-state index in [9.17, 15) is 8.78 Å². The van der Waals surface area contributed by atoms with Crippen molar-refractivity contribution in [1.29, 1.82) is 0 Å². The summed E-state index contributed by atoms with van der Waals surface area (Å²) in [7, 11) is 0. The van der Waals surface area contributed by atoms with Crippen molar-refractivity contribution in [3.63, 3.8) is 0 Å². The first kappa shape index (κ1) is 10.8. The second-order valence-electron chi connectivity index (χ2n) is 3.30. The highest BCUT2D eigenvalue weighted by Crippen LogP contribution is 2.19. The minimum Gasteiger partial charge on any atom is -0.395 e. The molecule has 0 saturated heterocycles. The number of aliphatic hydroxyl groups is 1. The lowest BCUT2D eigenvalue weighted by molar-refractivity contribution is 0.276. The molecule has 0 spiro atoms. The van der Waals surface area contributed by atoms with Gasteiger partial charge in [-0.1, -0.05) is 0 Å². The maximum atomic E-state index is 13.0. The number of benzene rings is 1. The Morgan fingerprint density at radius 3 is 2.75 bits per heavy atom. The minimum atomic E-state index is -0.906. The Balaban J connectivity index is 2.42. The Morgan fingerprint density at radius 2 is 2.06 bits per heavy atom. The van der Waals surface area contributed by atoms with Gasteiger partial charge in [-0.2, -0.15) is 0 Å². The van der Waals surface area contributed by atoms with Crippen LogP contribution in [0.3, 0.4) is 0 Å². The molecule has 3 nitrogen and oxygen atoms in total. The molecule has 0 atom stereocenters. The number of aromatic nitrogens is 2. The smallest absolute Gasteiger partial charge is 0.159 e. The van der Waals surface area contributed by atoms with Gasteiger partial charge in [-0.15, -0.1) is 0 Å². The van der Waals surface area contributed by atoms with E-state index < -0.39 is 11.6 Å². The van der Waals surface area contributed by atoms with Crippen molar-refractivity contribution in [1.82, 2.24) is 9.55 Å². The van der Waals surface area contributed by atoms with E-state index in [0.29, 0.717) is 17.9 Å². The van der Waals surface area contributed by atoms with Crippen LogP contribution in [0.25, 0.3) is 11.4 Å². The van der Waals surface area contributed by atoms with Crippen molar-refractivity contribution in [2.45, 2.75) is 6.54 Å². The van der Waals surface area contributed by atoms with Crippen LogP contribution in [0.5, 0.6) is 0 Å². The van der Waals surface area contributed by atoms with Crippen LogP contribution < -0.4 is 0 Å². The fourth-order valence-corrected chi connectivity index (χ4v) is 1.49. The number of hydrogen-bond acceptors (Lipinski definition) is 2. The molecule has 0 amide bonds. The van der Waals surface area contributed by atoms with Gasteiger partial charge in [0, 0.05) is 24.5 Å². The minimum absolute atomic E-state index is 0.0347. The Kier molecular flexibility index (Phi) is 2.96. The molecule has 1 aromatic carbocycles. The molecule has 2 rings (SSSR count). The van der Waals surface area contributed by atoms with E-state index >= 15 is 0 Å². The Labute approximate surface area is 91.0 Å². The number of rotatable bonds is 3. The molecule has 0 bridgehead atoms. The van der Waals surface area contributed by atoms with Crippen molar-refractivity contribution in [2.75, 3.05) is 6.61 Å². The van der Waals surface area contributed by atoms with Crippen molar-refractivity contribution in [3.05, 3.63) is 42.2 Å². The van der Waals surface area contributed by atoms with E-state index in [0.717, 1.165) is 12.1 Å². The largest absolute Gasteiger partial charge is 0.395 e. The van der Waals surface area contributed by atoms with Crippen LogP contribution in [0.2, 0.25) is 0 Å². The van der Waals surface area contributed by atoms with Gasteiger partial charge in [0.25, 0.3) is 0 Å². The van der Waals surface area contributed by atoms with Crippen molar-refractivity contribution >= 4 is 0 Å². The maximum Gasteiger partial charge on any atom is 0.159 e. The van der Waals surface area contributed by atoms with Gasteiger partial charge in [0.1, 0.15) is 5.82 Å². The second-order valence-corrected chi connectivity index (χ2v) is 3.30. The second kappa shape index (κ2) is 4.40. The summed E-state index contributed by atoms with van der Waals surface area (Å²) in [5.74, 6) is -1.28. The lowest BCUT2D eigenvalue weighted by Gasteiger charge is -2.06. The van der Waals surface area contributed by atoms with E-state index in [1.54, 1.807) is 17.0 Å². The van der Waals surface area contributed by atoms with Crippen LogP contribution in [0.1, 0.15) is 0 Å². The average Bonchev–Trinajstić information content (AvgIpc) is 2.71.